The molecule has 2 aromatic carbocycles. The van der Waals surface area contributed by atoms with Gasteiger partial charge in [-0.1, -0.05) is 6.07 Å². The number of nitrogens with one attached hydrogen (secondary N) is 2. The molecule has 188 valence electrons. The molecule has 2 heterocycles. The lowest BCUT2D eigenvalue weighted by Gasteiger charge is -2.13. The number of aromatic nitrogens is 3. The van der Waals surface area contributed by atoms with Gasteiger partial charge >= 0.3 is 0 Å². The van der Waals surface area contributed by atoms with Crippen LogP contribution >= 0.6 is 0 Å². The second-order valence-electron chi connectivity index (χ2n) is 7.83. The predicted molar refractivity (Wildman–Crippen MR) is 129 cm³/mol. The Hall–Kier alpha value is -4.28. The summed E-state index contributed by atoms with van der Waals surface area (Å²) in [6.45, 7) is 3.52. The lowest BCUT2D eigenvalue weighted by Crippen LogP contribution is -2.23. The quantitative estimate of drug-likeness (QED) is 0.334. The van der Waals surface area contributed by atoms with Crippen molar-refractivity contribution in [3.63, 3.8) is 0 Å². The highest BCUT2D eigenvalue weighted by Gasteiger charge is 2.18. The maximum Gasteiger partial charge on any atom is 0.255 e. The van der Waals surface area contributed by atoms with Crippen molar-refractivity contribution in [2.45, 2.75) is 20.3 Å². The second-order valence-corrected chi connectivity index (χ2v) is 7.83. The number of imidazole rings is 1. The minimum atomic E-state index is -2.61. The average molecular weight is 499 g/mol. The smallest absolute Gasteiger partial charge is 0.255 e. The maximum atomic E-state index is 14.5. The molecule has 11 heteroatoms. The van der Waals surface area contributed by atoms with Gasteiger partial charge in [0.15, 0.2) is 17.2 Å². The molecule has 0 aliphatic rings. The summed E-state index contributed by atoms with van der Waals surface area (Å²) < 4.78 is 52.4. The molecule has 36 heavy (non-hydrogen) atoms. The number of aryl methyl sites for hydroxylation is 1. The summed E-state index contributed by atoms with van der Waals surface area (Å²) in [4.78, 5) is 16.6. The van der Waals surface area contributed by atoms with Crippen molar-refractivity contribution in [1.82, 2.24) is 19.9 Å². The lowest BCUT2D eigenvalue weighted by molar-refractivity contribution is 0.0955. The Kier molecular flexibility index (Phi) is 7.28. The topological polar surface area (TPSA) is 89.8 Å². The fourth-order valence-corrected chi connectivity index (χ4v) is 3.65. The minimum Gasteiger partial charge on any atom is -0.497 e. The van der Waals surface area contributed by atoms with Crippen molar-refractivity contribution >= 4 is 17.2 Å². The number of hydrogen-bond acceptors (Lipinski definition) is 6. The Morgan fingerprint density at radius 1 is 1.17 bits per heavy atom. The van der Waals surface area contributed by atoms with Crippen LogP contribution in [0.1, 0.15) is 22.8 Å². The van der Waals surface area contributed by atoms with Crippen molar-refractivity contribution in [1.29, 1.82) is 0 Å². The van der Waals surface area contributed by atoms with Gasteiger partial charge in [-0.2, -0.15) is 0 Å². The van der Waals surface area contributed by atoms with Gasteiger partial charge in [-0.25, -0.2) is 22.7 Å². The number of benzene rings is 2. The first kappa shape index (κ1) is 24.8. The number of carbonyl (C=O) groups excluding carboxylic acids is 1. The average Bonchev–Trinajstić information content (AvgIpc) is 3.28. The highest BCUT2D eigenvalue weighted by Crippen LogP contribution is 2.31. The number of alkyl halides is 2. The van der Waals surface area contributed by atoms with Crippen LogP contribution in [0.15, 0.2) is 48.7 Å². The first-order chi connectivity index (χ1) is 17.3. The molecule has 0 fully saturated rings. The van der Waals surface area contributed by atoms with Crippen molar-refractivity contribution < 1.29 is 27.4 Å². The molecule has 2 aromatic heterocycles. The van der Waals surface area contributed by atoms with E-state index in [1.54, 1.807) is 25.1 Å². The van der Waals surface area contributed by atoms with Gasteiger partial charge in [0.05, 0.1) is 31.2 Å². The molecular formula is C25H24F3N5O3. The zero-order valence-corrected chi connectivity index (χ0v) is 19.8. The number of methoxy groups -OCH3 is 1. The number of ether oxygens (including phenoxy) is 2. The highest BCUT2D eigenvalue weighted by atomic mass is 19.3. The van der Waals surface area contributed by atoms with E-state index in [0.717, 1.165) is 11.6 Å². The fraction of sp³-hybridized carbons (Fsp3) is 0.240. The summed E-state index contributed by atoms with van der Waals surface area (Å²) in [5, 5.41) is 9.83. The van der Waals surface area contributed by atoms with E-state index in [0.29, 0.717) is 29.1 Å². The molecule has 0 aliphatic carbocycles. The summed E-state index contributed by atoms with van der Waals surface area (Å²) in [6, 6.07) is 10.7. The molecule has 0 saturated carbocycles. The fourth-order valence-electron chi connectivity index (χ4n) is 3.65. The molecule has 4 rings (SSSR count). The van der Waals surface area contributed by atoms with Crippen LogP contribution in [0.2, 0.25) is 0 Å². The molecular weight excluding hydrogens is 475 g/mol. The normalized spacial score (nSPS) is 11.1. The minimum absolute atomic E-state index is 0.0433. The van der Waals surface area contributed by atoms with Gasteiger partial charge in [-0.3, -0.25) is 4.79 Å². The van der Waals surface area contributed by atoms with Crippen molar-refractivity contribution in [2.24, 2.45) is 0 Å². The monoisotopic (exact) mass is 499 g/mol. The molecule has 8 nitrogen and oxygen atoms in total. The summed E-state index contributed by atoms with van der Waals surface area (Å²) >= 11 is 0. The van der Waals surface area contributed by atoms with Crippen molar-refractivity contribution in [3.05, 3.63) is 65.6 Å². The predicted octanol–water partition coefficient (Wildman–Crippen LogP) is 5.07. The molecule has 0 saturated heterocycles. The first-order valence-corrected chi connectivity index (χ1v) is 11.1. The van der Waals surface area contributed by atoms with Gasteiger partial charge in [0, 0.05) is 29.8 Å². The van der Waals surface area contributed by atoms with E-state index < -0.39 is 18.8 Å². The van der Waals surface area contributed by atoms with Gasteiger partial charge < -0.3 is 20.1 Å². The second kappa shape index (κ2) is 10.5. The summed E-state index contributed by atoms with van der Waals surface area (Å²) in [6.07, 6.45) is -1.07. The summed E-state index contributed by atoms with van der Waals surface area (Å²) in [7, 11) is 1.41. The molecule has 1 amide bonds. The Labute approximate surface area is 205 Å². The number of anilines is 1. The third-order valence-electron chi connectivity index (χ3n) is 5.35. The zero-order valence-electron chi connectivity index (χ0n) is 19.8. The van der Waals surface area contributed by atoms with E-state index in [9.17, 15) is 18.0 Å². The number of carbonyl (C=O) groups is 1. The van der Waals surface area contributed by atoms with Gasteiger partial charge in [0.1, 0.15) is 5.75 Å². The largest absolute Gasteiger partial charge is 0.497 e. The Balaban J connectivity index is 1.78. The van der Waals surface area contributed by atoms with Crippen LogP contribution in [-0.4, -0.2) is 47.1 Å². The Bertz CT molecular complexity index is 1410. The van der Waals surface area contributed by atoms with Gasteiger partial charge in [-0.15, -0.1) is 5.10 Å². The molecule has 0 aliphatic heterocycles. The molecule has 0 unspecified atom stereocenters. The van der Waals surface area contributed by atoms with Gasteiger partial charge in [0.2, 0.25) is 5.88 Å². The third kappa shape index (κ3) is 5.19. The van der Waals surface area contributed by atoms with Crippen LogP contribution in [-0.2, 0) is 0 Å². The van der Waals surface area contributed by atoms with E-state index in [-0.39, 0.29) is 28.9 Å². The number of fused-ring (bicyclic) bond motifs is 1. The highest BCUT2D eigenvalue weighted by molar-refractivity contribution is 5.96. The van der Waals surface area contributed by atoms with E-state index in [4.69, 9.17) is 9.47 Å². The molecule has 0 atom stereocenters. The standard InChI is InChI=1S/C25H24F3N5O3/c1-4-29-25(34)17-7-5-15(9-14(17)2)20-12-31-24-19(30-13-22(27)28)11-23(32-33(20)24)36-21-8-6-16(35-3)10-18(21)26/h5-12,22,30H,4,13H2,1-3H3,(H,29,34). The van der Waals surface area contributed by atoms with Crippen molar-refractivity contribution in [2.75, 3.05) is 25.5 Å². The molecule has 0 spiro atoms. The Morgan fingerprint density at radius 3 is 2.64 bits per heavy atom. The SMILES string of the molecule is CCNC(=O)c1ccc(-c2cnc3c(NCC(F)F)cc(Oc4ccc(OC)cc4F)nn23)cc1C. The van der Waals surface area contributed by atoms with E-state index in [1.165, 1.54) is 36.0 Å². The van der Waals surface area contributed by atoms with Crippen LogP contribution < -0.4 is 20.1 Å². The number of nitrogens with zero attached hydrogens (tertiary/aromatic N) is 3. The van der Waals surface area contributed by atoms with E-state index >= 15 is 0 Å². The third-order valence-corrected chi connectivity index (χ3v) is 5.35. The molecule has 4 aromatic rings. The number of amides is 1. The maximum absolute atomic E-state index is 14.5. The summed E-state index contributed by atoms with van der Waals surface area (Å²) in [5.74, 6) is -0.718. The van der Waals surface area contributed by atoms with Crippen LogP contribution in [0.25, 0.3) is 16.9 Å². The lowest BCUT2D eigenvalue weighted by atomic mass is 10.0. The van der Waals surface area contributed by atoms with Gasteiger partial charge in [0.25, 0.3) is 12.3 Å². The van der Waals surface area contributed by atoms with E-state index in [2.05, 4.69) is 20.7 Å². The van der Waals surface area contributed by atoms with Crippen LogP contribution in [0, 0.1) is 12.7 Å². The van der Waals surface area contributed by atoms with Crippen LogP contribution in [0.5, 0.6) is 17.4 Å². The Morgan fingerprint density at radius 2 is 1.97 bits per heavy atom. The van der Waals surface area contributed by atoms with Crippen LogP contribution in [0.3, 0.4) is 0 Å². The first-order valence-electron chi connectivity index (χ1n) is 11.1. The van der Waals surface area contributed by atoms with Gasteiger partial charge in [-0.05, 0) is 43.7 Å². The summed E-state index contributed by atoms with van der Waals surface area (Å²) in [5.41, 5.74) is 2.98. The van der Waals surface area contributed by atoms with Crippen molar-refractivity contribution in [3.8, 4) is 28.6 Å². The van der Waals surface area contributed by atoms with E-state index in [1.807, 2.05) is 6.92 Å². The number of hydrogen-bond donors (Lipinski definition) is 2. The number of rotatable bonds is 9. The molecule has 0 bridgehead atoms. The molecule has 2 N–H and O–H groups in total. The molecule has 0 radical (unpaired) electrons. The van der Waals surface area contributed by atoms with Crippen LogP contribution in [0.4, 0.5) is 18.9 Å². The number of halogens is 3. The zero-order chi connectivity index (χ0) is 25.8.